The van der Waals surface area contributed by atoms with Crippen LogP contribution in [0.4, 0.5) is 5.69 Å². The molecule has 0 saturated carbocycles. The van der Waals surface area contributed by atoms with Gasteiger partial charge in [-0.1, -0.05) is 19.1 Å². The summed E-state index contributed by atoms with van der Waals surface area (Å²) in [4.78, 5) is 13.3. The van der Waals surface area contributed by atoms with Crippen molar-refractivity contribution in [2.24, 2.45) is 7.05 Å². The minimum Gasteiger partial charge on any atom is -0.355 e. The van der Waals surface area contributed by atoms with Crippen molar-refractivity contribution in [3.63, 3.8) is 0 Å². The fourth-order valence-electron chi connectivity index (χ4n) is 3.69. The molecule has 4 rings (SSSR count). The number of nitrogens with one attached hydrogen (secondary N) is 1. The highest BCUT2D eigenvalue weighted by atomic mass is 32.1. The first-order valence-corrected chi connectivity index (χ1v) is 9.65. The number of hydrogen-bond donors (Lipinski definition) is 1. The molecule has 1 aromatic carbocycles. The van der Waals surface area contributed by atoms with Gasteiger partial charge in [-0.05, 0) is 47.7 Å². The van der Waals surface area contributed by atoms with E-state index in [4.69, 9.17) is 4.74 Å². The average molecular weight is 377 g/mol. The van der Waals surface area contributed by atoms with Gasteiger partial charge in [-0.3, -0.25) is 4.79 Å². The Bertz CT molecular complexity index is 1050. The summed E-state index contributed by atoms with van der Waals surface area (Å²) >= 11 is 1.63. The fraction of sp³-hybridized carbons (Fsp3) is 0.238. The molecule has 136 valence electrons. The summed E-state index contributed by atoms with van der Waals surface area (Å²) in [6.45, 7) is 2.08. The number of rotatable bonds is 3. The van der Waals surface area contributed by atoms with Gasteiger partial charge in [-0.15, -0.1) is 11.3 Å². The van der Waals surface area contributed by atoms with E-state index in [1.54, 1.807) is 11.3 Å². The first kappa shape index (κ1) is 17.5. The van der Waals surface area contributed by atoms with E-state index in [2.05, 4.69) is 30.4 Å². The van der Waals surface area contributed by atoms with Crippen LogP contribution >= 0.6 is 11.3 Å². The highest BCUT2D eigenvalue weighted by Crippen LogP contribution is 2.45. The molecule has 0 bridgehead atoms. The summed E-state index contributed by atoms with van der Waals surface area (Å²) < 4.78 is 8.08. The second-order valence-electron chi connectivity index (χ2n) is 6.53. The molecule has 0 aliphatic carbocycles. The highest BCUT2D eigenvalue weighted by molar-refractivity contribution is 7.10. The molecule has 1 aliphatic heterocycles. The second-order valence-corrected chi connectivity index (χ2v) is 7.48. The van der Waals surface area contributed by atoms with Gasteiger partial charge in [0.1, 0.15) is 24.0 Å². The molecular weight excluding hydrogens is 358 g/mol. The molecule has 0 saturated heterocycles. The first-order valence-electron chi connectivity index (χ1n) is 8.77. The van der Waals surface area contributed by atoms with E-state index in [1.807, 2.05) is 47.3 Å². The Hall–Kier alpha value is -2.88. The van der Waals surface area contributed by atoms with Crippen LogP contribution in [0.5, 0.6) is 0 Å². The number of fused-ring (bicyclic) bond motifs is 1. The van der Waals surface area contributed by atoms with E-state index in [1.165, 1.54) is 0 Å². The van der Waals surface area contributed by atoms with Gasteiger partial charge in [-0.2, -0.15) is 5.26 Å². The van der Waals surface area contributed by atoms with Crippen LogP contribution in [0.2, 0.25) is 0 Å². The van der Waals surface area contributed by atoms with Crippen molar-refractivity contribution in [2.75, 3.05) is 11.9 Å². The Balaban J connectivity index is 1.94. The summed E-state index contributed by atoms with van der Waals surface area (Å²) in [7, 11) is 1.88. The van der Waals surface area contributed by atoms with Gasteiger partial charge in [-0.25, -0.2) is 0 Å². The van der Waals surface area contributed by atoms with Crippen LogP contribution in [0.15, 0.2) is 47.8 Å². The lowest BCUT2D eigenvalue weighted by atomic mass is 9.86. The van der Waals surface area contributed by atoms with E-state index in [9.17, 15) is 10.1 Å². The third-order valence-electron chi connectivity index (χ3n) is 5.13. The lowest BCUT2D eigenvalue weighted by molar-refractivity contribution is -0.125. The standard InChI is InChI=1S/C21H19N3O2S/c1-3-21(19-5-4-10-27-19)16-11-14(18-9-7-15(12-22)24(18)2)6-8-17(16)23-20(25)13-26-21/h4-11H,3,13H2,1-2H3,(H,23,25)/t21-/m0/s1. The maximum Gasteiger partial charge on any atom is 0.250 e. The van der Waals surface area contributed by atoms with Crippen LogP contribution in [-0.4, -0.2) is 17.1 Å². The maximum absolute atomic E-state index is 12.2. The van der Waals surface area contributed by atoms with E-state index in [0.717, 1.165) is 27.4 Å². The van der Waals surface area contributed by atoms with Crippen molar-refractivity contribution < 1.29 is 9.53 Å². The molecule has 0 spiro atoms. The van der Waals surface area contributed by atoms with E-state index in [-0.39, 0.29) is 12.5 Å². The molecule has 2 aromatic heterocycles. The van der Waals surface area contributed by atoms with Gasteiger partial charge in [0.15, 0.2) is 0 Å². The molecule has 6 heteroatoms. The summed E-state index contributed by atoms with van der Waals surface area (Å²) in [6.07, 6.45) is 0.704. The zero-order valence-electron chi connectivity index (χ0n) is 15.2. The molecule has 1 N–H and O–H groups in total. The SMILES string of the molecule is CC[C@]1(c2cccs2)OCC(=O)Nc2ccc(-c3ccc(C#N)n3C)cc21. The number of ether oxygens (including phenoxy) is 1. The van der Waals surface area contributed by atoms with E-state index < -0.39 is 5.60 Å². The quantitative estimate of drug-likeness (QED) is 0.742. The summed E-state index contributed by atoms with van der Waals surface area (Å²) in [5, 5.41) is 14.2. The van der Waals surface area contributed by atoms with Crippen molar-refractivity contribution >= 4 is 22.9 Å². The number of anilines is 1. The predicted molar refractivity (Wildman–Crippen MR) is 106 cm³/mol. The minimum atomic E-state index is -0.679. The fourth-order valence-corrected chi connectivity index (χ4v) is 4.66. The number of hydrogen-bond acceptors (Lipinski definition) is 4. The molecule has 1 aliphatic rings. The van der Waals surface area contributed by atoms with Gasteiger partial charge in [0.25, 0.3) is 0 Å². The highest BCUT2D eigenvalue weighted by Gasteiger charge is 2.39. The minimum absolute atomic E-state index is 0.0124. The molecule has 27 heavy (non-hydrogen) atoms. The number of benzene rings is 1. The van der Waals surface area contributed by atoms with Gasteiger partial charge in [0, 0.05) is 28.9 Å². The van der Waals surface area contributed by atoms with Gasteiger partial charge in [0.05, 0.1) is 0 Å². The number of amides is 1. The second kappa shape index (κ2) is 6.69. The van der Waals surface area contributed by atoms with E-state index in [0.29, 0.717) is 12.1 Å². The number of nitriles is 1. The molecule has 3 heterocycles. The third-order valence-corrected chi connectivity index (χ3v) is 6.14. The topological polar surface area (TPSA) is 67.0 Å². The molecule has 0 fully saturated rings. The molecule has 1 atom stereocenters. The van der Waals surface area contributed by atoms with Gasteiger partial charge >= 0.3 is 0 Å². The normalized spacial score (nSPS) is 19.1. The Morgan fingerprint density at radius 2 is 2.19 bits per heavy atom. The molecular formula is C21H19N3O2S. The Morgan fingerprint density at radius 1 is 1.33 bits per heavy atom. The molecule has 0 radical (unpaired) electrons. The van der Waals surface area contributed by atoms with Crippen LogP contribution in [0, 0.1) is 11.3 Å². The molecule has 0 unspecified atom stereocenters. The molecule has 1 amide bonds. The number of carbonyl (C=O) groups is 1. The van der Waals surface area contributed by atoms with Gasteiger partial charge < -0.3 is 14.6 Å². The van der Waals surface area contributed by atoms with Crippen molar-refractivity contribution in [1.29, 1.82) is 5.26 Å². The average Bonchev–Trinajstić information content (AvgIpc) is 3.31. The zero-order chi connectivity index (χ0) is 19.0. The largest absolute Gasteiger partial charge is 0.355 e. The Labute approximate surface area is 161 Å². The maximum atomic E-state index is 12.2. The van der Waals surface area contributed by atoms with Crippen LogP contribution < -0.4 is 5.32 Å². The monoisotopic (exact) mass is 377 g/mol. The molecule has 3 aromatic rings. The van der Waals surface area contributed by atoms with Crippen LogP contribution in [0.3, 0.4) is 0 Å². The summed E-state index contributed by atoms with van der Waals surface area (Å²) in [6, 6.07) is 16.0. The van der Waals surface area contributed by atoms with Crippen molar-refractivity contribution in [3.05, 3.63) is 64.0 Å². The zero-order valence-corrected chi connectivity index (χ0v) is 16.0. The molecule has 5 nitrogen and oxygen atoms in total. The van der Waals surface area contributed by atoms with E-state index >= 15 is 0 Å². The Morgan fingerprint density at radius 3 is 2.85 bits per heavy atom. The number of aromatic nitrogens is 1. The van der Waals surface area contributed by atoms with Gasteiger partial charge in [0.2, 0.25) is 5.91 Å². The van der Waals surface area contributed by atoms with Crippen molar-refractivity contribution in [3.8, 4) is 17.3 Å². The summed E-state index contributed by atoms with van der Waals surface area (Å²) in [5.74, 6) is -0.151. The lowest BCUT2D eigenvalue weighted by Crippen LogP contribution is -2.30. The van der Waals surface area contributed by atoms with Crippen molar-refractivity contribution in [2.45, 2.75) is 18.9 Å². The Kier molecular flexibility index (Phi) is 4.34. The van der Waals surface area contributed by atoms with Crippen LogP contribution in [0.25, 0.3) is 11.3 Å². The van der Waals surface area contributed by atoms with Crippen LogP contribution in [-0.2, 0) is 22.2 Å². The third kappa shape index (κ3) is 2.76. The lowest BCUT2D eigenvalue weighted by Gasteiger charge is -2.32. The number of nitrogens with zero attached hydrogens (tertiary/aromatic N) is 2. The van der Waals surface area contributed by atoms with Crippen LogP contribution in [0.1, 0.15) is 29.5 Å². The number of thiophene rings is 1. The summed E-state index contributed by atoms with van der Waals surface area (Å²) in [5.41, 5.74) is 3.56. The van der Waals surface area contributed by atoms with Crippen molar-refractivity contribution in [1.82, 2.24) is 4.57 Å². The first-order chi connectivity index (χ1) is 13.1. The number of carbonyl (C=O) groups excluding carboxylic acids is 1. The predicted octanol–water partition coefficient (Wildman–Crippen LogP) is 4.25. The smallest absolute Gasteiger partial charge is 0.250 e.